The van der Waals surface area contributed by atoms with Crippen LogP contribution in [0, 0.1) is 0 Å². The zero-order chi connectivity index (χ0) is 18.5. The van der Waals surface area contributed by atoms with Crippen LogP contribution in [0.5, 0.6) is 0 Å². The van der Waals surface area contributed by atoms with E-state index in [9.17, 15) is 4.79 Å². The average Bonchev–Trinajstić information content (AvgIpc) is 3.13. The van der Waals surface area contributed by atoms with Crippen LogP contribution in [0.15, 0.2) is 84.9 Å². The topological polar surface area (TPSA) is 29.5 Å². The van der Waals surface area contributed by atoms with Gasteiger partial charge in [-0.2, -0.15) is 0 Å². The van der Waals surface area contributed by atoms with Crippen molar-refractivity contribution in [3.05, 3.63) is 107 Å². The van der Waals surface area contributed by atoms with Gasteiger partial charge in [-0.15, -0.1) is 0 Å². The number of fused-ring (bicyclic) bond motifs is 1. The van der Waals surface area contributed by atoms with Crippen LogP contribution in [0.3, 0.4) is 0 Å². The Morgan fingerprint density at radius 3 is 1.78 bits per heavy atom. The molecule has 136 valence electrons. The Labute approximate surface area is 160 Å². The van der Waals surface area contributed by atoms with Crippen LogP contribution in [0.1, 0.15) is 28.2 Å². The zero-order valence-corrected chi connectivity index (χ0v) is 15.3. The first kappa shape index (κ1) is 17.5. The fraction of sp³-hybridized carbons (Fsp3) is 0.208. The van der Waals surface area contributed by atoms with Crippen LogP contribution in [0.25, 0.3) is 0 Å². The molecule has 0 radical (unpaired) electrons. The molecule has 3 aromatic carbocycles. The number of carbonyl (C=O) groups is 1. The predicted octanol–water partition coefficient (Wildman–Crippen LogP) is 4.38. The SMILES string of the molecule is O=C(OCCN1Cc2ccccc2C1)C(c1ccccc1)c1ccccc1. The van der Waals surface area contributed by atoms with Crippen molar-refractivity contribution >= 4 is 5.97 Å². The van der Waals surface area contributed by atoms with Gasteiger partial charge in [0.25, 0.3) is 0 Å². The first-order chi connectivity index (χ1) is 13.3. The van der Waals surface area contributed by atoms with Crippen molar-refractivity contribution in [2.75, 3.05) is 13.2 Å². The highest BCUT2D eigenvalue weighted by Gasteiger charge is 2.25. The summed E-state index contributed by atoms with van der Waals surface area (Å²) in [5, 5.41) is 0. The second-order valence-electron chi connectivity index (χ2n) is 6.90. The summed E-state index contributed by atoms with van der Waals surface area (Å²) in [7, 11) is 0. The lowest BCUT2D eigenvalue weighted by atomic mass is 9.91. The highest BCUT2D eigenvalue weighted by Crippen LogP contribution is 2.26. The van der Waals surface area contributed by atoms with Gasteiger partial charge in [-0.25, -0.2) is 0 Å². The molecule has 27 heavy (non-hydrogen) atoms. The molecule has 0 aromatic heterocycles. The van der Waals surface area contributed by atoms with Crippen molar-refractivity contribution in [2.45, 2.75) is 19.0 Å². The number of nitrogens with zero attached hydrogens (tertiary/aromatic N) is 1. The van der Waals surface area contributed by atoms with E-state index in [-0.39, 0.29) is 11.9 Å². The van der Waals surface area contributed by atoms with Gasteiger partial charge in [0.05, 0.1) is 0 Å². The monoisotopic (exact) mass is 357 g/mol. The molecule has 0 spiro atoms. The summed E-state index contributed by atoms with van der Waals surface area (Å²) in [6.45, 7) is 3.00. The quantitative estimate of drug-likeness (QED) is 0.613. The van der Waals surface area contributed by atoms with Crippen molar-refractivity contribution in [1.82, 2.24) is 4.90 Å². The van der Waals surface area contributed by atoms with E-state index in [0.717, 1.165) is 30.8 Å². The number of benzene rings is 3. The second kappa shape index (κ2) is 8.19. The molecule has 3 heteroatoms. The molecule has 0 fully saturated rings. The largest absolute Gasteiger partial charge is 0.464 e. The average molecular weight is 357 g/mol. The van der Waals surface area contributed by atoms with Gasteiger partial charge in [0.15, 0.2) is 0 Å². The number of hydrogen-bond donors (Lipinski definition) is 0. The smallest absolute Gasteiger partial charge is 0.317 e. The third kappa shape index (κ3) is 4.09. The Balaban J connectivity index is 1.40. The normalized spacial score (nSPS) is 13.5. The molecule has 1 aliphatic heterocycles. The Hall–Kier alpha value is -2.91. The molecule has 0 N–H and O–H groups in total. The molecule has 0 unspecified atom stereocenters. The number of hydrogen-bond acceptors (Lipinski definition) is 3. The minimum absolute atomic E-state index is 0.191. The van der Waals surface area contributed by atoms with E-state index in [1.54, 1.807) is 0 Å². The van der Waals surface area contributed by atoms with Gasteiger partial charge in [-0.05, 0) is 22.3 Å². The van der Waals surface area contributed by atoms with Gasteiger partial charge in [0.2, 0.25) is 0 Å². The Bertz CT molecular complexity index is 828. The lowest BCUT2D eigenvalue weighted by molar-refractivity contribution is -0.144. The van der Waals surface area contributed by atoms with Gasteiger partial charge in [-0.3, -0.25) is 9.69 Å². The first-order valence-corrected chi connectivity index (χ1v) is 9.37. The van der Waals surface area contributed by atoms with Gasteiger partial charge in [0.1, 0.15) is 12.5 Å². The maximum absolute atomic E-state index is 12.9. The van der Waals surface area contributed by atoms with Gasteiger partial charge < -0.3 is 4.74 Å². The lowest BCUT2D eigenvalue weighted by Crippen LogP contribution is -2.25. The van der Waals surface area contributed by atoms with Gasteiger partial charge >= 0.3 is 5.97 Å². The van der Waals surface area contributed by atoms with Crippen LogP contribution < -0.4 is 0 Å². The summed E-state index contributed by atoms with van der Waals surface area (Å²) in [4.78, 5) is 15.2. The van der Waals surface area contributed by atoms with Crippen LogP contribution in [-0.4, -0.2) is 24.0 Å². The van der Waals surface area contributed by atoms with E-state index < -0.39 is 0 Å². The molecule has 0 aliphatic carbocycles. The van der Waals surface area contributed by atoms with E-state index in [4.69, 9.17) is 4.74 Å². The minimum atomic E-state index is -0.386. The Morgan fingerprint density at radius 2 is 1.26 bits per heavy atom. The third-order valence-electron chi connectivity index (χ3n) is 5.06. The molecule has 4 rings (SSSR count). The molecular weight excluding hydrogens is 334 g/mol. The van der Waals surface area contributed by atoms with Crippen LogP contribution in [0.2, 0.25) is 0 Å². The molecule has 0 amide bonds. The molecule has 3 nitrogen and oxygen atoms in total. The van der Waals surface area contributed by atoms with Crippen molar-refractivity contribution in [2.24, 2.45) is 0 Å². The lowest BCUT2D eigenvalue weighted by Gasteiger charge is -2.19. The van der Waals surface area contributed by atoms with E-state index in [1.807, 2.05) is 60.7 Å². The second-order valence-corrected chi connectivity index (χ2v) is 6.90. The Kier molecular flexibility index (Phi) is 5.31. The molecule has 1 aliphatic rings. The Morgan fingerprint density at radius 1 is 0.778 bits per heavy atom. The molecule has 1 heterocycles. The number of rotatable bonds is 6. The maximum Gasteiger partial charge on any atom is 0.317 e. The maximum atomic E-state index is 12.9. The molecule has 0 saturated carbocycles. The molecule has 0 bridgehead atoms. The number of carbonyl (C=O) groups excluding carboxylic acids is 1. The van der Waals surface area contributed by atoms with Crippen LogP contribution >= 0.6 is 0 Å². The summed E-state index contributed by atoms with van der Waals surface area (Å²) in [5.41, 5.74) is 4.66. The first-order valence-electron chi connectivity index (χ1n) is 9.37. The van der Waals surface area contributed by atoms with E-state index in [0.29, 0.717) is 6.61 Å². The third-order valence-corrected chi connectivity index (χ3v) is 5.06. The van der Waals surface area contributed by atoms with Gasteiger partial charge in [0, 0.05) is 19.6 Å². The number of ether oxygens (including phenoxy) is 1. The summed E-state index contributed by atoms with van der Waals surface area (Å²) < 4.78 is 5.69. The van der Waals surface area contributed by atoms with Crippen molar-refractivity contribution in [1.29, 1.82) is 0 Å². The summed E-state index contributed by atoms with van der Waals surface area (Å²) in [5.74, 6) is -0.577. The van der Waals surface area contributed by atoms with E-state index >= 15 is 0 Å². The zero-order valence-electron chi connectivity index (χ0n) is 15.3. The van der Waals surface area contributed by atoms with Gasteiger partial charge in [-0.1, -0.05) is 84.9 Å². The molecule has 3 aromatic rings. The summed E-state index contributed by atoms with van der Waals surface area (Å²) in [6.07, 6.45) is 0. The predicted molar refractivity (Wildman–Crippen MR) is 106 cm³/mol. The minimum Gasteiger partial charge on any atom is -0.464 e. The van der Waals surface area contributed by atoms with Crippen molar-refractivity contribution in [3.63, 3.8) is 0 Å². The highest BCUT2D eigenvalue weighted by atomic mass is 16.5. The van der Waals surface area contributed by atoms with E-state index in [1.165, 1.54) is 11.1 Å². The molecular formula is C24H23NO2. The fourth-order valence-corrected chi connectivity index (χ4v) is 3.68. The summed E-state index contributed by atoms with van der Waals surface area (Å²) >= 11 is 0. The van der Waals surface area contributed by atoms with E-state index in [2.05, 4.69) is 29.2 Å². The number of esters is 1. The molecule has 0 atom stereocenters. The highest BCUT2D eigenvalue weighted by molar-refractivity contribution is 5.82. The van der Waals surface area contributed by atoms with Crippen molar-refractivity contribution < 1.29 is 9.53 Å². The van der Waals surface area contributed by atoms with Crippen molar-refractivity contribution in [3.8, 4) is 0 Å². The standard InChI is InChI=1S/C24H23NO2/c26-24(27-16-15-25-17-21-13-7-8-14-22(21)18-25)23(19-9-3-1-4-10-19)20-11-5-2-6-12-20/h1-14,23H,15-18H2. The fourth-order valence-electron chi connectivity index (χ4n) is 3.68. The van der Waals surface area contributed by atoms with Crippen LogP contribution in [0.4, 0.5) is 0 Å². The van der Waals surface area contributed by atoms with Crippen LogP contribution in [-0.2, 0) is 22.6 Å². The summed E-state index contributed by atoms with van der Waals surface area (Å²) in [6, 6.07) is 28.2. The molecule has 0 saturated heterocycles.